The topological polar surface area (TPSA) is 61.4 Å². The Morgan fingerprint density at radius 1 is 1.14 bits per heavy atom. The number of nitrogens with zero attached hydrogens (tertiary/aromatic N) is 1. The van der Waals surface area contributed by atoms with Gasteiger partial charge in [0.1, 0.15) is 0 Å². The summed E-state index contributed by atoms with van der Waals surface area (Å²) in [5.74, 6) is 0. The number of rotatable bonds is 1. The molecule has 2 heterocycles. The van der Waals surface area contributed by atoms with Crippen molar-refractivity contribution in [2.24, 2.45) is 0 Å². The predicted molar refractivity (Wildman–Crippen MR) is 54.1 cm³/mol. The van der Waals surface area contributed by atoms with Crippen LogP contribution in [0.2, 0.25) is 0 Å². The molecule has 14 heavy (non-hydrogen) atoms. The fraction of sp³-hybridized carbons (Fsp3) is 1.00. The van der Waals surface area contributed by atoms with E-state index in [0.717, 1.165) is 32.4 Å². The molecule has 2 N–H and O–H groups in total. The van der Waals surface area contributed by atoms with Crippen LogP contribution in [0.25, 0.3) is 0 Å². The molecule has 82 valence electrons. The van der Waals surface area contributed by atoms with Crippen LogP contribution in [0.1, 0.15) is 19.3 Å². The summed E-state index contributed by atoms with van der Waals surface area (Å²) in [6.45, 7) is 3.12. The summed E-state index contributed by atoms with van der Waals surface area (Å²) < 4.78 is 27.6. The Hall–Kier alpha value is -0.170. The van der Waals surface area contributed by atoms with Crippen LogP contribution >= 0.6 is 0 Å². The van der Waals surface area contributed by atoms with Crippen molar-refractivity contribution >= 4 is 10.2 Å². The molecule has 0 saturated carbocycles. The summed E-state index contributed by atoms with van der Waals surface area (Å²) in [4.78, 5) is 0. The van der Waals surface area contributed by atoms with Gasteiger partial charge in [-0.3, -0.25) is 0 Å². The molecule has 0 unspecified atom stereocenters. The van der Waals surface area contributed by atoms with E-state index >= 15 is 0 Å². The van der Waals surface area contributed by atoms with Gasteiger partial charge in [0, 0.05) is 19.1 Å². The number of piperidine rings is 1. The largest absolute Gasteiger partial charge is 0.317 e. The highest BCUT2D eigenvalue weighted by molar-refractivity contribution is 7.87. The summed E-state index contributed by atoms with van der Waals surface area (Å²) in [7, 11) is -3.17. The zero-order chi connectivity index (χ0) is 10.0. The van der Waals surface area contributed by atoms with Crippen LogP contribution in [-0.2, 0) is 10.2 Å². The van der Waals surface area contributed by atoms with E-state index in [4.69, 9.17) is 0 Å². The first-order valence-corrected chi connectivity index (χ1v) is 6.61. The summed E-state index contributed by atoms with van der Waals surface area (Å²) in [5.41, 5.74) is 0. The van der Waals surface area contributed by atoms with Crippen LogP contribution in [0.4, 0.5) is 0 Å². The third-order valence-electron chi connectivity index (χ3n) is 2.86. The quantitative estimate of drug-likeness (QED) is 0.612. The molecular formula is C8H17N3O2S. The van der Waals surface area contributed by atoms with E-state index in [2.05, 4.69) is 10.0 Å². The van der Waals surface area contributed by atoms with Crippen LogP contribution in [0.15, 0.2) is 0 Å². The molecule has 2 saturated heterocycles. The molecule has 5 nitrogen and oxygen atoms in total. The molecular weight excluding hydrogens is 202 g/mol. The van der Waals surface area contributed by atoms with Crippen molar-refractivity contribution in [1.29, 1.82) is 0 Å². The molecule has 0 radical (unpaired) electrons. The first-order chi connectivity index (χ1) is 6.70. The van der Waals surface area contributed by atoms with Crippen molar-refractivity contribution in [3.8, 4) is 0 Å². The SMILES string of the molecule is O=S1(=O)NCCCN1C1CCNCC1. The van der Waals surface area contributed by atoms with Gasteiger partial charge in [0.2, 0.25) is 0 Å². The molecule has 2 rings (SSSR count). The van der Waals surface area contributed by atoms with Gasteiger partial charge < -0.3 is 5.32 Å². The van der Waals surface area contributed by atoms with E-state index in [0.29, 0.717) is 13.1 Å². The zero-order valence-corrected chi connectivity index (χ0v) is 9.02. The lowest BCUT2D eigenvalue weighted by atomic mass is 10.1. The second kappa shape index (κ2) is 4.14. The van der Waals surface area contributed by atoms with E-state index in [9.17, 15) is 8.42 Å². The normalized spacial score (nSPS) is 30.3. The Kier molecular flexibility index (Phi) is 3.06. The van der Waals surface area contributed by atoms with Gasteiger partial charge in [-0.05, 0) is 32.4 Å². The summed E-state index contributed by atoms with van der Waals surface area (Å²) in [6, 6.07) is 0.203. The Morgan fingerprint density at radius 2 is 1.86 bits per heavy atom. The number of hydrogen-bond donors (Lipinski definition) is 2. The first kappa shape index (κ1) is 10.4. The Bertz CT molecular complexity index is 285. The number of nitrogens with one attached hydrogen (secondary N) is 2. The van der Waals surface area contributed by atoms with Crippen molar-refractivity contribution in [1.82, 2.24) is 14.3 Å². The molecule has 0 spiro atoms. The van der Waals surface area contributed by atoms with Gasteiger partial charge in [-0.2, -0.15) is 12.7 Å². The molecule has 0 aliphatic carbocycles. The number of hydrogen-bond acceptors (Lipinski definition) is 3. The average Bonchev–Trinajstić information content (AvgIpc) is 2.18. The van der Waals surface area contributed by atoms with Crippen molar-refractivity contribution in [2.75, 3.05) is 26.2 Å². The van der Waals surface area contributed by atoms with Crippen molar-refractivity contribution in [2.45, 2.75) is 25.3 Å². The fourth-order valence-electron chi connectivity index (χ4n) is 2.11. The van der Waals surface area contributed by atoms with E-state index in [1.807, 2.05) is 0 Å². The Morgan fingerprint density at radius 3 is 2.50 bits per heavy atom. The third-order valence-corrected chi connectivity index (χ3v) is 4.53. The lowest BCUT2D eigenvalue weighted by Crippen LogP contribution is -2.53. The third kappa shape index (κ3) is 2.08. The van der Waals surface area contributed by atoms with Gasteiger partial charge in [0.05, 0.1) is 0 Å². The van der Waals surface area contributed by atoms with Crippen molar-refractivity contribution < 1.29 is 8.42 Å². The highest BCUT2D eigenvalue weighted by Crippen LogP contribution is 2.17. The second-order valence-electron chi connectivity index (χ2n) is 3.84. The molecule has 0 aromatic heterocycles. The summed E-state index contributed by atoms with van der Waals surface area (Å²) in [6.07, 6.45) is 2.78. The monoisotopic (exact) mass is 219 g/mol. The highest BCUT2D eigenvalue weighted by Gasteiger charge is 2.32. The Labute approximate surface area is 85.0 Å². The molecule has 2 aliphatic heterocycles. The van der Waals surface area contributed by atoms with Gasteiger partial charge >= 0.3 is 0 Å². The minimum absolute atomic E-state index is 0.203. The predicted octanol–water partition coefficient (Wildman–Crippen LogP) is -0.721. The van der Waals surface area contributed by atoms with Crippen molar-refractivity contribution in [3.05, 3.63) is 0 Å². The van der Waals surface area contributed by atoms with Crippen molar-refractivity contribution in [3.63, 3.8) is 0 Å². The van der Waals surface area contributed by atoms with Gasteiger partial charge in [0.25, 0.3) is 10.2 Å². The molecule has 0 amide bonds. The maximum atomic E-state index is 11.7. The van der Waals surface area contributed by atoms with Gasteiger partial charge in [0.15, 0.2) is 0 Å². The molecule has 2 aliphatic rings. The van der Waals surface area contributed by atoms with Crippen LogP contribution in [0.3, 0.4) is 0 Å². The highest BCUT2D eigenvalue weighted by atomic mass is 32.2. The minimum atomic E-state index is -3.17. The molecule has 0 atom stereocenters. The smallest absolute Gasteiger partial charge is 0.279 e. The summed E-state index contributed by atoms with van der Waals surface area (Å²) in [5, 5.41) is 3.24. The first-order valence-electron chi connectivity index (χ1n) is 5.17. The van der Waals surface area contributed by atoms with Crippen LogP contribution < -0.4 is 10.0 Å². The van der Waals surface area contributed by atoms with E-state index < -0.39 is 10.2 Å². The Balaban J connectivity index is 2.07. The maximum Gasteiger partial charge on any atom is 0.279 e. The minimum Gasteiger partial charge on any atom is -0.317 e. The van der Waals surface area contributed by atoms with Gasteiger partial charge in [-0.25, -0.2) is 4.72 Å². The fourth-order valence-corrected chi connectivity index (χ4v) is 3.65. The van der Waals surface area contributed by atoms with E-state index in [1.165, 1.54) is 0 Å². The lowest BCUT2D eigenvalue weighted by molar-refractivity contribution is 0.247. The second-order valence-corrected chi connectivity index (χ2v) is 5.55. The average molecular weight is 219 g/mol. The van der Waals surface area contributed by atoms with Crippen LogP contribution in [-0.4, -0.2) is 44.9 Å². The lowest BCUT2D eigenvalue weighted by Gasteiger charge is -2.36. The standard InChI is InChI=1S/C8H17N3O2S/c12-14(13)10-4-1-7-11(14)8-2-5-9-6-3-8/h8-10H,1-7H2. The molecule has 0 bridgehead atoms. The van der Waals surface area contributed by atoms with Gasteiger partial charge in [-0.1, -0.05) is 0 Å². The molecule has 6 heteroatoms. The van der Waals surface area contributed by atoms with E-state index in [1.54, 1.807) is 4.31 Å². The van der Waals surface area contributed by atoms with E-state index in [-0.39, 0.29) is 6.04 Å². The van der Waals surface area contributed by atoms with Crippen LogP contribution in [0, 0.1) is 0 Å². The maximum absolute atomic E-state index is 11.7. The molecule has 2 fully saturated rings. The van der Waals surface area contributed by atoms with Crippen LogP contribution in [0.5, 0.6) is 0 Å². The molecule has 0 aromatic carbocycles. The molecule has 0 aromatic rings. The zero-order valence-electron chi connectivity index (χ0n) is 8.20. The van der Waals surface area contributed by atoms with Gasteiger partial charge in [-0.15, -0.1) is 0 Å². The summed E-state index contributed by atoms with van der Waals surface area (Å²) >= 11 is 0.